The van der Waals surface area contributed by atoms with Crippen LogP contribution in [-0.4, -0.2) is 21.9 Å². The van der Waals surface area contributed by atoms with Crippen molar-refractivity contribution in [1.82, 2.24) is 14.8 Å². The number of ether oxygens (including phenoxy) is 1. The van der Waals surface area contributed by atoms with Crippen LogP contribution in [0, 0.1) is 13.8 Å². The van der Waals surface area contributed by atoms with Gasteiger partial charge < -0.3 is 4.74 Å². The normalized spacial score (nSPS) is 10.7. The third kappa shape index (κ3) is 2.41. The maximum atomic E-state index is 12.2. The summed E-state index contributed by atoms with van der Waals surface area (Å²) in [5.41, 5.74) is 4.61. The van der Waals surface area contributed by atoms with Gasteiger partial charge in [-0.3, -0.25) is 14.5 Å². The summed E-state index contributed by atoms with van der Waals surface area (Å²) >= 11 is 0. The van der Waals surface area contributed by atoms with Crippen LogP contribution in [-0.2, 0) is 0 Å². The molecule has 0 saturated heterocycles. The highest BCUT2D eigenvalue weighted by Crippen LogP contribution is 2.25. The highest BCUT2D eigenvalue weighted by atomic mass is 16.5. The Balaban J connectivity index is 2.12. The number of aryl methyl sites for hydroxylation is 2. The first-order valence-corrected chi connectivity index (χ1v) is 6.99. The van der Waals surface area contributed by atoms with Crippen LogP contribution >= 0.6 is 0 Å². The van der Waals surface area contributed by atoms with Gasteiger partial charge in [-0.25, -0.2) is 0 Å². The molecular weight excluding hydrogens is 278 g/mol. The fraction of sp³-hybridized carbons (Fsp3) is 0.176. The predicted octanol–water partition coefficient (Wildman–Crippen LogP) is 2.85. The summed E-state index contributed by atoms with van der Waals surface area (Å²) in [6.07, 6.45) is 1.84. The topological polar surface area (TPSA) is 59.9 Å². The summed E-state index contributed by atoms with van der Waals surface area (Å²) in [6, 6.07) is 10.8. The van der Waals surface area contributed by atoms with Gasteiger partial charge in [-0.2, -0.15) is 5.10 Å². The van der Waals surface area contributed by atoms with Gasteiger partial charge in [0.2, 0.25) is 0 Å². The standard InChI is InChI=1S/C17H17N3O2/c1-11-17(12(2)19-18-11)13-4-9-16(21)20(10-13)14-5-7-15(22-3)8-6-14/h4-10H,1-3H3,(H,18,19). The van der Waals surface area contributed by atoms with Crippen LogP contribution in [0.15, 0.2) is 47.4 Å². The second-order valence-electron chi connectivity index (χ2n) is 5.13. The zero-order valence-corrected chi connectivity index (χ0v) is 12.8. The lowest BCUT2D eigenvalue weighted by molar-refractivity contribution is 0.414. The van der Waals surface area contributed by atoms with E-state index in [1.165, 1.54) is 0 Å². The molecule has 0 aliphatic rings. The number of benzene rings is 1. The summed E-state index contributed by atoms with van der Waals surface area (Å²) < 4.78 is 6.78. The van der Waals surface area contributed by atoms with E-state index in [0.717, 1.165) is 34.0 Å². The Labute approximate surface area is 128 Å². The second kappa shape index (κ2) is 5.52. The van der Waals surface area contributed by atoms with Crippen LogP contribution in [0.25, 0.3) is 16.8 Å². The molecule has 3 rings (SSSR count). The number of hydrogen-bond donors (Lipinski definition) is 1. The number of methoxy groups -OCH3 is 1. The van der Waals surface area contributed by atoms with E-state index in [-0.39, 0.29) is 5.56 Å². The van der Waals surface area contributed by atoms with Crippen LogP contribution < -0.4 is 10.3 Å². The number of nitrogens with one attached hydrogen (secondary N) is 1. The predicted molar refractivity (Wildman–Crippen MR) is 85.6 cm³/mol. The van der Waals surface area contributed by atoms with Gasteiger partial charge in [0.15, 0.2) is 0 Å². The molecular formula is C17H17N3O2. The smallest absolute Gasteiger partial charge is 0.255 e. The molecule has 3 aromatic rings. The zero-order chi connectivity index (χ0) is 15.7. The Bertz CT molecular complexity index is 841. The summed E-state index contributed by atoms with van der Waals surface area (Å²) in [6.45, 7) is 3.92. The Morgan fingerprint density at radius 3 is 2.41 bits per heavy atom. The molecule has 5 nitrogen and oxygen atoms in total. The summed E-state index contributed by atoms with van der Waals surface area (Å²) in [4.78, 5) is 12.2. The molecule has 2 heterocycles. The molecule has 0 aliphatic carbocycles. The molecule has 0 atom stereocenters. The molecule has 1 N–H and O–H groups in total. The highest BCUT2D eigenvalue weighted by molar-refractivity contribution is 5.67. The van der Waals surface area contributed by atoms with E-state index >= 15 is 0 Å². The molecule has 1 aromatic carbocycles. The van der Waals surface area contributed by atoms with E-state index in [0.29, 0.717) is 0 Å². The first-order chi connectivity index (χ1) is 10.6. The first kappa shape index (κ1) is 14.1. The number of pyridine rings is 1. The van der Waals surface area contributed by atoms with Gasteiger partial charge in [0.25, 0.3) is 5.56 Å². The lowest BCUT2D eigenvalue weighted by Crippen LogP contribution is -2.16. The average molecular weight is 295 g/mol. The zero-order valence-electron chi connectivity index (χ0n) is 12.8. The largest absolute Gasteiger partial charge is 0.497 e. The second-order valence-corrected chi connectivity index (χ2v) is 5.13. The van der Waals surface area contributed by atoms with Crippen molar-refractivity contribution < 1.29 is 4.74 Å². The molecule has 5 heteroatoms. The third-order valence-electron chi connectivity index (χ3n) is 3.68. The Morgan fingerprint density at radius 1 is 1.09 bits per heavy atom. The maximum Gasteiger partial charge on any atom is 0.255 e. The first-order valence-electron chi connectivity index (χ1n) is 6.99. The van der Waals surface area contributed by atoms with Crippen molar-refractivity contribution in [1.29, 1.82) is 0 Å². The van der Waals surface area contributed by atoms with Crippen LogP contribution in [0.1, 0.15) is 11.4 Å². The van der Waals surface area contributed by atoms with Crippen molar-refractivity contribution in [3.8, 4) is 22.6 Å². The van der Waals surface area contributed by atoms with Crippen LogP contribution in [0.2, 0.25) is 0 Å². The average Bonchev–Trinajstić information content (AvgIpc) is 2.87. The minimum atomic E-state index is -0.0762. The summed E-state index contributed by atoms with van der Waals surface area (Å²) in [7, 11) is 1.62. The molecule has 22 heavy (non-hydrogen) atoms. The van der Waals surface area contributed by atoms with E-state index in [1.807, 2.05) is 50.4 Å². The number of rotatable bonds is 3. The van der Waals surface area contributed by atoms with Gasteiger partial charge >= 0.3 is 0 Å². The lowest BCUT2D eigenvalue weighted by Gasteiger charge is -2.09. The lowest BCUT2D eigenvalue weighted by atomic mass is 10.1. The minimum absolute atomic E-state index is 0.0762. The van der Waals surface area contributed by atoms with Gasteiger partial charge in [0.05, 0.1) is 12.8 Å². The van der Waals surface area contributed by atoms with Crippen LogP contribution in [0.4, 0.5) is 0 Å². The van der Waals surface area contributed by atoms with Crippen LogP contribution in [0.3, 0.4) is 0 Å². The Hall–Kier alpha value is -2.82. The quantitative estimate of drug-likeness (QED) is 0.808. The van der Waals surface area contributed by atoms with Gasteiger partial charge in [-0.15, -0.1) is 0 Å². The summed E-state index contributed by atoms with van der Waals surface area (Å²) in [5, 5.41) is 7.18. The van der Waals surface area contributed by atoms with Crippen molar-refractivity contribution in [3.63, 3.8) is 0 Å². The molecule has 0 bridgehead atoms. The van der Waals surface area contributed by atoms with Crippen molar-refractivity contribution in [2.75, 3.05) is 7.11 Å². The number of aromatic amines is 1. The number of nitrogens with zero attached hydrogens (tertiary/aromatic N) is 2. The molecule has 0 saturated carbocycles. The summed E-state index contributed by atoms with van der Waals surface area (Å²) in [5.74, 6) is 0.759. The van der Waals surface area contributed by atoms with E-state index in [1.54, 1.807) is 17.7 Å². The van der Waals surface area contributed by atoms with E-state index < -0.39 is 0 Å². The van der Waals surface area contributed by atoms with E-state index in [9.17, 15) is 4.79 Å². The highest BCUT2D eigenvalue weighted by Gasteiger charge is 2.11. The Kier molecular flexibility index (Phi) is 3.55. The third-order valence-corrected chi connectivity index (χ3v) is 3.68. The number of hydrogen-bond acceptors (Lipinski definition) is 3. The van der Waals surface area contributed by atoms with Crippen LogP contribution in [0.5, 0.6) is 5.75 Å². The molecule has 112 valence electrons. The minimum Gasteiger partial charge on any atom is -0.497 e. The van der Waals surface area contributed by atoms with Crippen molar-refractivity contribution in [3.05, 3.63) is 64.3 Å². The van der Waals surface area contributed by atoms with Crippen molar-refractivity contribution >= 4 is 0 Å². The fourth-order valence-electron chi connectivity index (χ4n) is 2.56. The van der Waals surface area contributed by atoms with Crippen molar-refractivity contribution in [2.45, 2.75) is 13.8 Å². The number of aromatic nitrogens is 3. The van der Waals surface area contributed by atoms with Gasteiger partial charge in [0, 0.05) is 34.8 Å². The SMILES string of the molecule is COc1ccc(-n2cc(-c3c(C)n[nH]c3C)ccc2=O)cc1. The number of H-pyrrole nitrogens is 1. The monoisotopic (exact) mass is 295 g/mol. The molecule has 0 aliphatic heterocycles. The van der Waals surface area contributed by atoms with E-state index in [2.05, 4.69) is 10.2 Å². The molecule has 0 amide bonds. The molecule has 0 fully saturated rings. The van der Waals surface area contributed by atoms with Gasteiger partial charge in [-0.05, 0) is 44.2 Å². The molecule has 2 aromatic heterocycles. The maximum absolute atomic E-state index is 12.2. The molecule has 0 unspecified atom stereocenters. The molecule has 0 spiro atoms. The van der Waals surface area contributed by atoms with Gasteiger partial charge in [0.1, 0.15) is 5.75 Å². The van der Waals surface area contributed by atoms with E-state index in [4.69, 9.17) is 4.74 Å². The molecule has 0 radical (unpaired) electrons. The van der Waals surface area contributed by atoms with Crippen molar-refractivity contribution in [2.24, 2.45) is 0 Å². The fourth-order valence-corrected chi connectivity index (χ4v) is 2.56. The van der Waals surface area contributed by atoms with Gasteiger partial charge in [-0.1, -0.05) is 0 Å². The Morgan fingerprint density at radius 2 is 1.82 bits per heavy atom.